The summed E-state index contributed by atoms with van der Waals surface area (Å²) >= 11 is 1.29. The van der Waals surface area contributed by atoms with Gasteiger partial charge in [0.2, 0.25) is 15.2 Å². The molecule has 0 unspecified atom stereocenters. The van der Waals surface area contributed by atoms with Crippen LogP contribution in [0.5, 0.6) is 0 Å². The number of anilines is 2. The number of aromatic nitrogens is 2. The summed E-state index contributed by atoms with van der Waals surface area (Å²) in [7, 11) is -3.36. The van der Waals surface area contributed by atoms with Gasteiger partial charge in [-0.25, -0.2) is 8.42 Å². The van der Waals surface area contributed by atoms with Crippen LogP contribution in [0, 0.1) is 6.92 Å². The molecule has 0 bridgehead atoms. The first kappa shape index (κ1) is 20.9. The highest BCUT2D eigenvalue weighted by Crippen LogP contribution is 2.27. The summed E-state index contributed by atoms with van der Waals surface area (Å²) in [5, 5.41) is 12.0. The highest BCUT2D eigenvalue weighted by Gasteiger charge is 2.19. The summed E-state index contributed by atoms with van der Waals surface area (Å²) in [4.78, 5) is 12.5. The van der Waals surface area contributed by atoms with Gasteiger partial charge in [0.1, 0.15) is 5.01 Å². The lowest BCUT2D eigenvalue weighted by Gasteiger charge is -2.22. The standard InChI is InChI=1S/C20H22N4O3S2/c1-4-24(29(26,27)5-2)17-12-10-15(11-13-17)18(25)21-20-23-22-19(28-20)16-8-6-14(3)7-9-16/h6-13H,4-5H2,1-3H3,(H,21,23,25). The Kier molecular flexibility index (Phi) is 6.29. The molecule has 0 saturated carbocycles. The van der Waals surface area contributed by atoms with E-state index >= 15 is 0 Å². The normalized spacial score (nSPS) is 11.3. The first-order chi connectivity index (χ1) is 13.8. The zero-order valence-corrected chi connectivity index (χ0v) is 18.0. The number of benzene rings is 2. The first-order valence-corrected chi connectivity index (χ1v) is 11.6. The van der Waals surface area contributed by atoms with Crippen LogP contribution in [0.4, 0.5) is 10.8 Å². The molecule has 0 fully saturated rings. The van der Waals surface area contributed by atoms with Crippen LogP contribution in [0.25, 0.3) is 10.6 Å². The maximum atomic E-state index is 12.5. The lowest BCUT2D eigenvalue weighted by molar-refractivity contribution is 0.102. The summed E-state index contributed by atoms with van der Waals surface area (Å²) in [6.45, 7) is 5.72. The van der Waals surface area contributed by atoms with E-state index in [1.165, 1.54) is 15.6 Å². The molecule has 0 aliphatic rings. The fourth-order valence-electron chi connectivity index (χ4n) is 2.73. The number of aryl methyl sites for hydroxylation is 1. The molecule has 0 spiro atoms. The summed E-state index contributed by atoms with van der Waals surface area (Å²) in [5.74, 6) is -0.312. The molecule has 152 valence electrons. The maximum Gasteiger partial charge on any atom is 0.257 e. The van der Waals surface area contributed by atoms with Gasteiger partial charge in [0.05, 0.1) is 11.4 Å². The smallest absolute Gasteiger partial charge is 0.257 e. The van der Waals surface area contributed by atoms with Crippen LogP contribution in [0.2, 0.25) is 0 Å². The van der Waals surface area contributed by atoms with E-state index in [2.05, 4.69) is 15.5 Å². The van der Waals surface area contributed by atoms with Gasteiger partial charge in [-0.15, -0.1) is 10.2 Å². The van der Waals surface area contributed by atoms with Crippen LogP contribution in [-0.2, 0) is 10.0 Å². The van der Waals surface area contributed by atoms with Crippen molar-refractivity contribution in [2.24, 2.45) is 0 Å². The third-order valence-electron chi connectivity index (χ3n) is 4.35. The predicted octanol–water partition coefficient (Wildman–Crippen LogP) is 3.94. The van der Waals surface area contributed by atoms with E-state index in [-0.39, 0.29) is 11.7 Å². The van der Waals surface area contributed by atoms with Crippen LogP contribution >= 0.6 is 11.3 Å². The average Bonchev–Trinajstić information content (AvgIpc) is 3.18. The van der Waals surface area contributed by atoms with E-state index in [1.807, 2.05) is 31.2 Å². The van der Waals surface area contributed by atoms with Gasteiger partial charge in [0, 0.05) is 17.7 Å². The molecule has 0 atom stereocenters. The Morgan fingerprint density at radius 3 is 2.28 bits per heavy atom. The van der Waals surface area contributed by atoms with Crippen LogP contribution in [0.15, 0.2) is 48.5 Å². The van der Waals surface area contributed by atoms with Crippen LogP contribution in [-0.4, -0.2) is 36.8 Å². The van der Waals surface area contributed by atoms with Crippen molar-refractivity contribution in [3.8, 4) is 10.6 Å². The Labute approximate surface area is 174 Å². The van der Waals surface area contributed by atoms with E-state index in [0.717, 1.165) is 16.1 Å². The molecule has 0 aliphatic heterocycles. The van der Waals surface area contributed by atoms with Crippen molar-refractivity contribution in [3.63, 3.8) is 0 Å². The van der Waals surface area contributed by atoms with Crippen molar-refractivity contribution in [2.75, 3.05) is 21.9 Å². The van der Waals surface area contributed by atoms with Gasteiger partial charge in [-0.1, -0.05) is 41.2 Å². The second-order valence-corrected chi connectivity index (χ2v) is 9.50. The Morgan fingerprint density at radius 2 is 1.69 bits per heavy atom. The molecule has 0 aliphatic carbocycles. The van der Waals surface area contributed by atoms with Gasteiger partial charge < -0.3 is 0 Å². The quantitative estimate of drug-likeness (QED) is 0.613. The Balaban J connectivity index is 1.72. The molecule has 3 rings (SSSR count). The van der Waals surface area contributed by atoms with Gasteiger partial charge in [-0.3, -0.25) is 14.4 Å². The molecule has 3 aromatic rings. The number of carbonyl (C=O) groups is 1. The molecule has 2 aromatic carbocycles. The van der Waals surface area contributed by atoms with E-state index in [9.17, 15) is 13.2 Å². The number of nitrogens with one attached hydrogen (secondary N) is 1. The highest BCUT2D eigenvalue weighted by atomic mass is 32.2. The topological polar surface area (TPSA) is 92.3 Å². The monoisotopic (exact) mass is 430 g/mol. The Morgan fingerprint density at radius 1 is 1.03 bits per heavy atom. The molecule has 0 saturated heterocycles. The highest BCUT2D eigenvalue weighted by molar-refractivity contribution is 7.92. The second-order valence-electron chi connectivity index (χ2n) is 6.34. The van der Waals surface area contributed by atoms with E-state index in [1.54, 1.807) is 38.1 Å². The third-order valence-corrected chi connectivity index (χ3v) is 7.11. The third kappa shape index (κ3) is 4.80. The SMILES string of the molecule is CCN(c1ccc(C(=O)Nc2nnc(-c3ccc(C)cc3)s2)cc1)S(=O)(=O)CC. The van der Waals surface area contributed by atoms with Gasteiger partial charge in [-0.05, 0) is 45.0 Å². The number of carbonyl (C=O) groups excluding carboxylic acids is 1. The largest absolute Gasteiger partial charge is 0.296 e. The van der Waals surface area contributed by atoms with Gasteiger partial charge in [-0.2, -0.15) is 0 Å². The molecular weight excluding hydrogens is 408 g/mol. The first-order valence-electron chi connectivity index (χ1n) is 9.16. The molecule has 1 amide bonds. The van der Waals surface area contributed by atoms with E-state index in [0.29, 0.717) is 22.9 Å². The number of amides is 1. The predicted molar refractivity (Wildman–Crippen MR) is 117 cm³/mol. The number of hydrogen-bond acceptors (Lipinski definition) is 6. The minimum Gasteiger partial charge on any atom is -0.296 e. The number of hydrogen-bond donors (Lipinski definition) is 1. The molecule has 29 heavy (non-hydrogen) atoms. The fraction of sp³-hybridized carbons (Fsp3) is 0.250. The molecule has 1 aromatic heterocycles. The summed E-state index contributed by atoms with van der Waals surface area (Å²) in [5.41, 5.74) is 3.03. The van der Waals surface area contributed by atoms with Crippen molar-refractivity contribution in [3.05, 3.63) is 59.7 Å². The molecule has 7 nitrogen and oxygen atoms in total. The molecule has 0 radical (unpaired) electrons. The average molecular weight is 431 g/mol. The zero-order chi connectivity index (χ0) is 21.0. The van der Waals surface area contributed by atoms with Crippen LogP contribution in [0.1, 0.15) is 29.8 Å². The fourth-order valence-corrected chi connectivity index (χ4v) is 4.62. The van der Waals surface area contributed by atoms with Crippen molar-refractivity contribution < 1.29 is 13.2 Å². The van der Waals surface area contributed by atoms with Gasteiger partial charge in [0.15, 0.2) is 0 Å². The molecule has 1 heterocycles. The van der Waals surface area contributed by atoms with E-state index in [4.69, 9.17) is 0 Å². The lowest BCUT2D eigenvalue weighted by atomic mass is 10.2. The molecule has 9 heteroatoms. The summed E-state index contributed by atoms with van der Waals surface area (Å²) < 4.78 is 25.6. The van der Waals surface area contributed by atoms with Gasteiger partial charge >= 0.3 is 0 Å². The zero-order valence-electron chi connectivity index (χ0n) is 16.4. The second kappa shape index (κ2) is 8.71. The minimum absolute atomic E-state index is 0.0173. The number of sulfonamides is 1. The van der Waals surface area contributed by atoms with Gasteiger partial charge in [0.25, 0.3) is 5.91 Å². The maximum absolute atomic E-state index is 12.5. The summed E-state index contributed by atoms with van der Waals surface area (Å²) in [6, 6.07) is 14.4. The van der Waals surface area contributed by atoms with Crippen molar-refractivity contribution >= 4 is 38.1 Å². The van der Waals surface area contributed by atoms with Crippen LogP contribution in [0.3, 0.4) is 0 Å². The number of nitrogens with zero attached hydrogens (tertiary/aromatic N) is 3. The Hall–Kier alpha value is -2.78. The van der Waals surface area contributed by atoms with Crippen LogP contribution < -0.4 is 9.62 Å². The summed E-state index contributed by atoms with van der Waals surface area (Å²) in [6.07, 6.45) is 0. The molecule has 1 N–H and O–H groups in total. The van der Waals surface area contributed by atoms with Crippen molar-refractivity contribution in [1.29, 1.82) is 0 Å². The van der Waals surface area contributed by atoms with Crippen molar-refractivity contribution in [2.45, 2.75) is 20.8 Å². The Bertz CT molecular complexity index is 1090. The van der Waals surface area contributed by atoms with E-state index < -0.39 is 10.0 Å². The van der Waals surface area contributed by atoms with Crippen molar-refractivity contribution in [1.82, 2.24) is 10.2 Å². The lowest BCUT2D eigenvalue weighted by Crippen LogP contribution is -2.32. The number of rotatable bonds is 7. The molecular formula is C20H22N4O3S2. The minimum atomic E-state index is -3.36.